The maximum absolute atomic E-state index is 4.09. The van der Waals surface area contributed by atoms with E-state index < -0.39 is 0 Å². The van der Waals surface area contributed by atoms with Crippen molar-refractivity contribution in [1.29, 1.82) is 0 Å². The van der Waals surface area contributed by atoms with Crippen LogP contribution in [0.1, 0.15) is 11.4 Å². The fraction of sp³-hybridized carbons (Fsp3) is 0.200. The number of aryl methyl sites for hydroxylation is 2. The number of aromatic nitrogens is 6. The van der Waals surface area contributed by atoms with Crippen LogP contribution in [-0.4, -0.2) is 29.7 Å². The van der Waals surface area contributed by atoms with Gasteiger partial charge in [0, 0.05) is 11.4 Å². The van der Waals surface area contributed by atoms with Crippen LogP contribution < -0.4 is 5.43 Å². The van der Waals surface area contributed by atoms with Crippen LogP contribution in [0.25, 0.3) is 5.65 Å². The lowest BCUT2D eigenvalue weighted by Crippen LogP contribution is -2.15. The molecule has 86 valence electrons. The van der Waals surface area contributed by atoms with Crippen molar-refractivity contribution in [3.63, 3.8) is 0 Å². The standard InChI is InChI=1S/C10H11N7/c1-7-3-4-8(2)16(7)13-10-6-11-5-9-12-14-15-17(9)10/h3-6,13H,1-2H3. The van der Waals surface area contributed by atoms with Gasteiger partial charge in [-0.25, -0.2) is 0 Å². The Balaban J connectivity index is 2.08. The number of tetrazole rings is 1. The van der Waals surface area contributed by atoms with Gasteiger partial charge >= 0.3 is 0 Å². The van der Waals surface area contributed by atoms with E-state index in [9.17, 15) is 0 Å². The molecule has 7 nitrogen and oxygen atoms in total. The molecule has 3 aromatic rings. The molecule has 7 heteroatoms. The molecule has 0 radical (unpaired) electrons. The van der Waals surface area contributed by atoms with E-state index >= 15 is 0 Å². The monoisotopic (exact) mass is 229 g/mol. The van der Waals surface area contributed by atoms with E-state index in [1.54, 1.807) is 16.9 Å². The van der Waals surface area contributed by atoms with E-state index in [2.05, 4.69) is 25.9 Å². The molecular weight excluding hydrogens is 218 g/mol. The molecule has 0 atom stereocenters. The van der Waals surface area contributed by atoms with Crippen LogP contribution in [0.5, 0.6) is 0 Å². The van der Waals surface area contributed by atoms with Crippen molar-refractivity contribution in [3.05, 3.63) is 35.9 Å². The van der Waals surface area contributed by atoms with Crippen molar-refractivity contribution < 1.29 is 0 Å². The molecule has 0 aliphatic heterocycles. The first kappa shape index (κ1) is 9.76. The van der Waals surface area contributed by atoms with Gasteiger partial charge in [-0.1, -0.05) is 0 Å². The number of rotatable bonds is 2. The first-order chi connectivity index (χ1) is 8.25. The summed E-state index contributed by atoms with van der Waals surface area (Å²) in [6, 6.07) is 4.07. The van der Waals surface area contributed by atoms with E-state index in [0.29, 0.717) is 5.65 Å². The summed E-state index contributed by atoms with van der Waals surface area (Å²) in [6.07, 6.45) is 3.29. The van der Waals surface area contributed by atoms with Crippen LogP contribution in [-0.2, 0) is 0 Å². The highest BCUT2D eigenvalue weighted by Gasteiger charge is 2.06. The highest BCUT2D eigenvalue weighted by Crippen LogP contribution is 2.11. The van der Waals surface area contributed by atoms with Crippen molar-refractivity contribution >= 4 is 11.5 Å². The normalized spacial score (nSPS) is 10.9. The average Bonchev–Trinajstić information content (AvgIpc) is 2.91. The summed E-state index contributed by atoms with van der Waals surface area (Å²) in [7, 11) is 0. The number of hydrogen-bond acceptors (Lipinski definition) is 5. The molecule has 0 fully saturated rings. The summed E-state index contributed by atoms with van der Waals surface area (Å²) in [5, 5.41) is 11.4. The second kappa shape index (κ2) is 3.55. The molecule has 0 unspecified atom stereocenters. The van der Waals surface area contributed by atoms with Gasteiger partial charge in [0.15, 0.2) is 11.5 Å². The van der Waals surface area contributed by atoms with Crippen molar-refractivity contribution in [3.8, 4) is 0 Å². The lowest BCUT2D eigenvalue weighted by atomic mass is 10.5. The van der Waals surface area contributed by atoms with Gasteiger partial charge in [-0.2, -0.15) is 4.52 Å². The lowest BCUT2D eigenvalue weighted by Gasteiger charge is -2.12. The van der Waals surface area contributed by atoms with E-state index in [1.807, 2.05) is 30.7 Å². The van der Waals surface area contributed by atoms with Crippen molar-refractivity contribution in [2.45, 2.75) is 13.8 Å². The number of nitrogens with zero attached hydrogens (tertiary/aromatic N) is 6. The molecular formula is C10H11N7. The van der Waals surface area contributed by atoms with Gasteiger partial charge in [0.1, 0.15) is 0 Å². The van der Waals surface area contributed by atoms with E-state index in [-0.39, 0.29) is 0 Å². The number of fused-ring (bicyclic) bond motifs is 1. The zero-order valence-electron chi connectivity index (χ0n) is 9.49. The minimum atomic E-state index is 0.609. The Bertz CT molecular complexity index is 647. The highest BCUT2D eigenvalue weighted by molar-refractivity contribution is 5.44. The molecule has 0 aromatic carbocycles. The third-order valence-corrected chi connectivity index (χ3v) is 2.61. The fourth-order valence-corrected chi connectivity index (χ4v) is 1.71. The molecule has 3 rings (SSSR count). The van der Waals surface area contributed by atoms with Gasteiger partial charge in [-0.05, 0) is 36.4 Å². The van der Waals surface area contributed by atoms with Gasteiger partial charge in [0.05, 0.1) is 12.4 Å². The van der Waals surface area contributed by atoms with Crippen LogP contribution in [0.15, 0.2) is 24.5 Å². The fourth-order valence-electron chi connectivity index (χ4n) is 1.71. The third kappa shape index (κ3) is 1.52. The average molecular weight is 229 g/mol. The minimum absolute atomic E-state index is 0.609. The Kier molecular flexibility index (Phi) is 2.04. The lowest BCUT2D eigenvalue weighted by molar-refractivity contribution is 0.794. The highest BCUT2D eigenvalue weighted by atomic mass is 15.6. The summed E-state index contributed by atoms with van der Waals surface area (Å²) < 4.78 is 3.56. The van der Waals surface area contributed by atoms with E-state index in [0.717, 1.165) is 17.2 Å². The van der Waals surface area contributed by atoms with Gasteiger partial charge in [0.25, 0.3) is 0 Å². The second-order valence-electron chi connectivity index (χ2n) is 3.80. The van der Waals surface area contributed by atoms with Gasteiger partial charge in [-0.3, -0.25) is 15.1 Å². The molecule has 17 heavy (non-hydrogen) atoms. The van der Waals surface area contributed by atoms with Crippen LogP contribution in [0, 0.1) is 13.8 Å². The Morgan fingerprint density at radius 1 is 1.12 bits per heavy atom. The molecule has 0 aliphatic rings. The van der Waals surface area contributed by atoms with Crippen LogP contribution in [0.4, 0.5) is 5.82 Å². The zero-order valence-corrected chi connectivity index (χ0v) is 9.49. The minimum Gasteiger partial charge on any atom is -0.276 e. The summed E-state index contributed by atoms with van der Waals surface area (Å²) in [6.45, 7) is 4.04. The molecule has 0 aliphatic carbocycles. The molecule has 0 spiro atoms. The Morgan fingerprint density at radius 3 is 2.65 bits per heavy atom. The topological polar surface area (TPSA) is 72.9 Å². The van der Waals surface area contributed by atoms with Crippen molar-refractivity contribution in [2.75, 3.05) is 5.43 Å². The molecule has 0 amide bonds. The second-order valence-corrected chi connectivity index (χ2v) is 3.80. The maximum atomic E-state index is 4.09. The molecule has 1 N–H and O–H groups in total. The first-order valence-corrected chi connectivity index (χ1v) is 5.20. The maximum Gasteiger partial charge on any atom is 0.199 e. The smallest absolute Gasteiger partial charge is 0.199 e. The predicted octanol–water partition coefficient (Wildman–Crippen LogP) is 0.813. The number of anilines is 1. The Labute approximate surface area is 97.1 Å². The summed E-state index contributed by atoms with van der Waals surface area (Å²) in [5.74, 6) is 0.718. The SMILES string of the molecule is Cc1ccc(C)n1Nc1cncc2nnnn12. The van der Waals surface area contributed by atoms with Crippen LogP contribution in [0.3, 0.4) is 0 Å². The first-order valence-electron chi connectivity index (χ1n) is 5.20. The number of nitrogens with one attached hydrogen (secondary N) is 1. The molecule has 0 bridgehead atoms. The van der Waals surface area contributed by atoms with Gasteiger partial charge < -0.3 is 0 Å². The molecule has 3 aromatic heterocycles. The zero-order chi connectivity index (χ0) is 11.8. The molecule has 3 heterocycles. The third-order valence-electron chi connectivity index (χ3n) is 2.61. The summed E-state index contributed by atoms with van der Waals surface area (Å²) in [5.41, 5.74) is 6.04. The van der Waals surface area contributed by atoms with Gasteiger partial charge in [-0.15, -0.1) is 5.10 Å². The quantitative estimate of drug-likeness (QED) is 0.704. The Hall–Kier alpha value is -2.44. The van der Waals surface area contributed by atoms with Crippen molar-refractivity contribution in [2.24, 2.45) is 0 Å². The largest absolute Gasteiger partial charge is 0.276 e. The summed E-state index contributed by atoms with van der Waals surface area (Å²) >= 11 is 0. The van der Waals surface area contributed by atoms with E-state index in [4.69, 9.17) is 0 Å². The molecule has 0 saturated heterocycles. The molecule has 0 saturated carbocycles. The van der Waals surface area contributed by atoms with Crippen LogP contribution >= 0.6 is 0 Å². The van der Waals surface area contributed by atoms with Crippen LogP contribution in [0.2, 0.25) is 0 Å². The van der Waals surface area contributed by atoms with E-state index in [1.165, 1.54) is 0 Å². The Morgan fingerprint density at radius 2 is 1.88 bits per heavy atom. The number of hydrogen-bond donors (Lipinski definition) is 1. The van der Waals surface area contributed by atoms with Crippen molar-refractivity contribution in [1.82, 2.24) is 29.7 Å². The summed E-state index contributed by atoms with van der Waals surface area (Å²) in [4.78, 5) is 4.09. The predicted molar refractivity (Wildman–Crippen MR) is 61.5 cm³/mol. The van der Waals surface area contributed by atoms with Gasteiger partial charge in [0.2, 0.25) is 0 Å².